The fraction of sp³-hybridized carbons (Fsp3) is 0.424. The molecule has 8 rings (SSSR count). The van der Waals surface area contributed by atoms with E-state index in [1.807, 2.05) is 59.1 Å². The molecule has 1 aromatic heterocycles. The third-order valence-corrected chi connectivity index (χ3v) is 9.52. The van der Waals surface area contributed by atoms with Crippen LogP contribution in [0.25, 0.3) is 32.8 Å². The van der Waals surface area contributed by atoms with Crippen LogP contribution in [0.15, 0.2) is 42.5 Å². The van der Waals surface area contributed by atoms with Crippen molar-refractivity contribution in [1.82, 2.24) is 14.9 Å². The van der Waals surface area contributed by atoms with Crippen LogP contribution in [-0.4, -0.2) is 102 Å². The number of phenols is 1. The second kappa shape index (κ2) is 10.2. The van der Waals surface area contributed by atoms with Gasteiger partial charge in [-0.15, -0.1) is 0 Å². The van der Waals surface area contributed by atoms with Gasteiger partial charge in [-0.1, -0.05) is 35.9 Å². The molecule has 4 aromatic rings. The van der Waals surface area contributed by atoms with Gasteiger partial charge in [-0.2, -0.15) is 9.78 Å². The first kappa shape index (κ1) is 29.0. The lowest BCUT2D eigenvalue weighted by molar-refractivity contribution is -0.904. The van der Waals surface area contributed by atoms with Crippen molar-refractivity contribution in [3.05, 3.63) is 53.3 Å². The molecule has 0 radical (unpaired) electrons. The van der Waals surface area contributed by atoms with Gasteiger partial charge in [-0.25, -0.2) is 13.9 Å². The Morgan fingerprint density at radius 3 is 2.50 bits per heavy atom. The van der Waals surface area contributed by atoms with Gasteiger partial charge in [-0.05, 0) is 69.4 Å². The number of rotatable bonds is 4. The van der Waals surface area contributed by atoms with E-state index in [9.17, 15) is 9.90 Å². The Hall–Kier alpha value is -3.73. The molecule has 230 valence electrons. The average molecular weight is 620 g/mol. The number of benzene rings is 3. The number of amides is 1. The molecule has 4 fully saturated rings. The molecule has 4 aliphatic heterocycles. The van der Waals surface area contributed by atoms with E-state index in [1.54, 1.807) is 18.2 Å². The molecule has 9 nitrogen and oxygen atoms in total. The SMILES string of the molecule is CN(C)C1CN(c2nc(N3CC[N+]4(C(=O)OC(C)(C)C)CC3C4)c3cc(Cl)c(-c4cc(O)cc5ccccc45)c(F)c3n2)C1. The summed E-state index contributed by atoms with van der Waals surface area (Å²) in [7, 11) is 4.09. The largest absolute Gasteiger partial charge is 0.516 e. The fourth-order valence-electron chi connectivity index (χ4n) is 6.72. The number of carbonyl (C=O) groups is 1. The first-order valence-corrected chi connectivity index (χ1v) is 15.4. The van der Waals surface area contributed by atoms with Crippen LogP contribution in [0.3, 0.4) is 0 Å². The highest BCUT2D eigenvalue weighted by atomic mass is 35.5. The van der Waals surface area contributed by atoms with Crippen LogP contribution in [0.1, 0.15) is 20.8 Å². The molecule has 0 aliphatic carbocycles. The number of carbonyl (C=O) groups excluding carboxylic acids is 1. The van der Waals surface area contributed by atoms with Crippen molar-refractivity contribution >= 4 is 51.1 Å². The van der Waals surface area contributed by atoms with Crippen molar-refractivity contribution < 1.29 is 23.5 Å². The van der Waals surface area contributed by atoms with Crippen molar-refractivity contribution in [2.75, 3.05) is 63.2 Å². The second-order valence-electron chi connectivity index (χ2n) is 13.6. The molecule has 5 heterocycles. The first-order valence-electron chi connectivity index (χ1n) is 15.0. The van der Waals surface area contributed by atoms with E-state index in [0.717, 1.165) is 23.9 Å². The lowest BCUT2D eigenvalue weighted by atomic mass is 9.95. The lowest BCUT2D eigenvalue weighted by Crippen LogP contribution is -2.79. The number of nitrogens with zero attached hydrogens (tertiary/aromatic N) is 6. The Bertz CT molecular complexity index is 1810. The number of piperazine rings is 2. The number of quaternary nitrogens is 1. The molecule has 0 atom stereocenters. The topological polar surface area (TPSA) is 82.0 Å². The predicted octanol–water partition coefficient (Wildman–Crippen LogP) is 5.65. The predicted molar refractivity (Wildman–Crippen MR) is 171 cm³/mol. The monoisotopic (exact) mass is 619 g/mol. The molecular formula is C33H37ClFN6O3+. The number of anilines is 2. The van der Waals surface area contributed by atoms with Gasteiger partial charge in [0.2, 0.25) is 5.95 Å². The Morgan fingerprint density at radius 2 is 1.84 bits per heavy atom. The number of phenolic OH excluding ortho intramolecular Hbond substituents is 1. The van der Waals surface area contributed by atoms with Crippen LogP contribution >= 0.6 is 11.6 Å². The van der Waals surface area contributed by atoms with Crippen molar-refractivity contribution in [3.8, 4) is 16.9 Å². The van der Waals surface area contributed by atoms with Gasteiger partial charge in [0, 0.05) is 30.1 Å². The van der Waals surface area contributed by atoms with E-state index < -0.39 is 11.4 Å². The summed E-state index contributed by atoms with van der Waals surface area (Å²) in [5.74, 6) is 0.565. The average Bonchev–Trinajstić information content (AvgIpc) is 2.90. The van der Waals surface area contributed by atoms with Gasteiger partial charge in [-0.3, -0.25) is 0 Å². The van der Waals surface area contributed by atoms with Gasteiger partial charge >= 0.3 is 6.09 Å². The smallest absolute Gasteiger partial charge is 0.508 e. The summed E-state index contributed by atoms with van der Waals surface area (Å²) in [5, 5.41) is 12.8. The van der Waals surface area contributed by atoms with Gasteiger partial charge in [0.25, 0.3) is 0 Å². The zero-order valence-corrected chi connectivity index (χ0v) is 26.4. The van der Waals surface area contributed by atoms with Crippen molar-refractivity contribution in [2.45, 2.75) is 38.5 Å². The van der Waals surface area contributed by atoms with E-state index in [1.165, 1.54) is 0 Å². The highest BCUT2D eigenvalue weighted by Gasteiger charge is 2.58. The Morgan fingerprint density at radius 1 is 1.11 bits per heavy atom. The van der Waals surface area contributed by atoms with Crippen LogP contribution in [0.5, 0.6) is 5.75 Å². The van der Waals surface area contributed by atoms with E-state index >= 15 is 4.39 Å². The number of fused-ring (bicyclic) bond motifs is 4. The van der Waals surface area contributed by atoms with E-state index in [-0.39, 0.29) is 38.5 Å². The summed E-state index contributed by atoms with van der Waals surface area (Å²) in [6.07, 6.45) is -0.200. The maximum absolute atomic E-state index is 16.9. The van der Waals surface area contributed by atoms with Gasteiger partial charge in [0.1, 0.15) is 48.4 Å². The number of aromatic hydroxyl groups is 1. The zero-order chi connectivity index (χ0) is 31.1. The molecule has 44 heavy (non-hydrogen) atoms. The van der Waals surface area contributed by atoms with Crippen LogP contribution in [-0.2, 0) is 4.74 Å². The number of ether oxygens (including phenoxy) is 1. The maximum atomic E-state index is 16.9. The van der Waals surface area contributed by atoms with Crippen molar-refractivity contribution in [1.29, 1.82) is 0 Å². The Labute approximate surface area is 261 Å². The minimum Gasteiger partial charge on any atom is -0.508 e. The number of hydrogen-bond donors (Lipinski definition) is 1. The molecule has 0 unspecified atom stereocenters. The molecular weight excluding hydrogens is 583 g/mol. The Kier molecular flexibility index (Phi) is 6.69. The lowest BCUT2D eigenvalue weighted by Gasteiger charge is -2.56. The second-order valence-corrected chi connectivity index (χ2v) is 14.0. The minimum absolute atomic E-state index is 0.0264. The minimum atomic E-state index is -0.557. The van der Waals surface area contributed by atoms with Crippen LogP contribution in [0.4, 0.5) is 21.0 Å². The summed E-state index contributed by atoms with van der Waals surface area (Å²) in [6, 6.07) is 12.9. The van der Waals surface area contributed by atoms with Crippen molar-refractivity contribution in [3.63, 3.8) is 0 Å². The van der Waals surface area contributed by atoms with Crippen LogP contribution < -0.4 is 9.80 Å². The van der Waals surface area contributed by atoms with E-state index in [4.69, 9.17) is 26.3 Å². The highest BCUT2D eigenvalue weighted by Crippen LogP contribution is 2.44. The summed E-state index contributed by atoms with van der Waals surface area (Å²) in [4.78, 5) is 29.3. The van der Waals surface area contributed by atoms with Gasteiger partial charge in [0.05, 0.1) is 11.6 Å². The normalized spacial score (nSPS) is 22.0. The molecule has 1 N–H and O–H groups in total. The summed E-state index contributed by atoms with van der Waals surface area (Å²) >= 11 is 6.90. The fourth-order valence-corrected chi connectivity index (χ4v) is 7.01. The van der Waals surface area contributed by atoms with E-state index in [2.05, 4.69) is 14.7 Å². The molecule has 0 spiro atoms. The van der Waals surface area contributed by atoms with Gasteiger partial charge < -0.3 is 24.5 Å². The Balaban J connectivity index is 1.34. The molecule has 3 aromatic carbocycles. The summed E-state index contributed by atoms with van der Waals surface area (Å²) < 4.78 is 22.9. The number of aromatic nitrogens is 2. The molecule has 11 heteroatoms. The van der Waals surface area contributed by atoms with Crippen molar-refractivity contribution in [2.24, 2.45) is 0 Å². The van der Waals surface area contributed by atoms with Crippen LogP contribution in [0, 0.1) is 5.82 Å². The quantitative estimate of drug-likeness (QED) is 0.294. The number of likely N-dealkylation sites (N-methyl/N-ethyl adjacent to an activating group) is 1. The number of hydrogen-bond acceptors (Lipinski definition) is 8. The molecule has 1 amide bonds. The maximum Gasteiger partial charge on any atom is 0.516 e. The first-order chi connectivity index (χ1) is 20.8. The third kappa shape index (κ3) is 4.71. The van der Waals surface area contributed by atoms with E-state index in [0.29, 0.717) is 54.9 Å². The summed E-state index contributed by atoms with van der Waals surface area (Å²) in [5.41, 5.74) is 0.320. The highest BCUT2D eigenvalue weighted by molar-refractivity contribution is 6.35. The zero-order valence-electron chi connectivity index (χ0n) is 25.6. The van der Waals surface area contributed by atoms with Gasteiger partial charge in [0.15, 0.2) is 5.82 Å². The van der Waals surface area contributed by atoms with Crippen LogP contribution in [0.2, 0.25) is 5.02 Å². The third-order valence-electron chi connectivity index (χ3n) is 9.23. The standard InChI is InChI=1S/C33H36ClFN6O3/c1-33(2,3)44-32(43)41-11-10-40(21(17-41)18-41)30-25-14-26(34)27(24-13-22(42)12-19-8-6-7-9-23(19)24)28(35)29(25)36-31(37-30)39-15-20(16-39)38(4)5/h6-9,12-14,20-21H,10-11,15-18H2,1-5H3/p+1. The molecule has 4 saturated heterocycles. The summed E-state index contributed by atoms with van der Waals surface area (Å²) in [6.45, 7) is 9.46. The molecule has 2 bridgehead atoms. The molecule has 0 saturated carbocycles. The molecule has 4 aliphatic rings. The number of halogens is 2.